The van der Waals surface area contributed by atoms with Crippen molar-refractivity contribution < 1.29 is 18.4 Å². The highest BCUT2D eigenvalue weighted by molar-refractivity contribution is 6.07. The van der Waals surface area contributed by atoms with Gasteiger partial charge in [0.2, 0.25) is 0 Å². The van der Waals surface area contributed by atoms with Gasteiger partial charge in [-0.2, -0.15) is 0 Å². The van der Waals surface area contributed by atoms with Crippen molar-refractivity contribution >= 4 is 16.9 Å². The molecule has 0 aliphatic carbocycles. The molecule has 0 atom stereocenters. The lowest BCUT2D eigenvalue weighted by atomic mass is 10.1. The zero-order chi connectivity index (χ0) is 15.5. The van der Waals surface area contributed by atoms with Gasteiger partial charge in [0.1, 0.15) is 22.9 Å². The second-order valence-corrected chi connectivity index (χ2v) is 4.89. The van der Waals surface area contributed by atoms with E-state index in [0.29, 0.717) is 35.8 Å². The van der Waals surface area contributed by atoms with E-state index in [1.807, 2.05) is 31.2 Å². The molecule has 0 radical (unpaired) electrons. The largest absolute Gasteiger partial charge is 0.494 e. The van der Waals surface area contributed by atoms with Crippen LogP contribution >= 0.6 is 0 Å². The molecule has 1 aromatic carbocycles. The van der Waals surface area contributed by atoms with Crippen LogP contribution in [0.1, 0.15) is 28.8 Å². The fourth-order valence-electron chi connectivity index (χ4n) is 2.41. The summed E-state index contributed by atoms with van der Waals surface area (Å²) in [7, 11) is 0. The quantitative estimate of drug-likeness (QED) is 0.780. The van der Waals surface area contributed by atoms with Crippen LogP contribution in [-0.4, -0.2) is 12.5 Å². The van der Waals surface area contributed by atoms with Gasteiger partial charge in [0.25, 0.3) is 5.91 Å². The lowest BCUT2D eigenvalue weighted by Gasteiger charge is -2.04. The van der Waals surface area contributed by atoms with Gasteiger partial charge < -0.3 is 18.9 Å². The van der Waals surface area contributed by atoms with Gasteiger partial charge >= 0.3 is 0 Å². The third-order valence-electron chi connectivity index (χ3n) is 3.38. The Morgan fingerprint density at radius 3 is 2.91 bits per heavy atom. The van der Waals surface area contributed by atoms with Crippen molar-refractivity contribution in [3.63, 3.8) is 0 Å². The van der Waals surface area contributed by atoms with Crippen LogP contribution in [0.3, 0.4) is 0 Å². The summed E-state index contributed by atoms with van der Waals surface area (Å²) < 4.78 is 16.4. The van der Waals surface area contributed by atoms with E-state index in [4.69, 9.17) is 13.6 Å². The van der Waals surface area contributed by atoms with Crippen molar-refractivity contribution in [3.05, 3.63) is 53.7 Å². The lowest BCUT2D eigenvalue weighted by molar-refractivity contribution is 0.0948. The molecule has 0 spiro atoms. The SMILES string of the molecule is CCOc1ccc2oc(C)c(C(=O)NCc3ccco3)c2c1. The van der Waals surface area contributed by atoms with Crippen LogP contribution in [0.5, 0.6) is 5.75 Å². The van der Waals surface area contributed by atoms with E-state index in [1.165, 1.54) is 0 Å². The molecule has 3 aromatic rings. The van der Waals surface area contributed by atoms with Crippen LogP contribution in [0.25, 0.3) is 11.0 Å². The number of aryl methyl sites for hydroxylation is 1. The first kappa shape index (κ1) is 14.3. The Labute approximate surface area is 127 Å². The van der Waals surface area contributed by atoms with Gasteiger partial charge in [-0.25, -0.2) is 0 Å². The van der Waals surface area contributed by atoms with Crippen molar-refractivity contribution in [1.29, 1.82) is 0 Å². The number of hydrogen-bond acceptors (Lipinski definition) is 4. The number of ether oxygens (including phenoxy) is 1. The lowest BCUT2D eigenvalue weighted by Crippen LogP contribution is -2.22. The minimum Gasteiger partial charge on any atom is -0.494 e. The van der Waals surface area contributed by atoms with Crippen LogP contribution in [0.2, 0.25) is 0 Å². The molecule has 1 N–H and O–H groups in total. The number of amides is 1. The molecular weight excluding hydrogens is 282 g/mol. The van der Waals surface area contributed by atoms with Gasteiger partial charge in [-0.1, -0.05) is 0 Å². The summed E-state index contributed by atoms with van der Waals surface area (Å²) in [5.74, 6) is 1.81. The number of carbonyl (C=O) groups excluding carboxylic acids is 1. The summed E-state index contributed by atoms with van der Waals surface area (Å²) in [4.78, 5) is 12.5. The summed E-state index contributed by atoms with van der Waals surface area (Å²) in [6.45, 7) is 4.61. The molecule has 0 unspecified atom stereocenters. The summed E-state index contributed by atoms with van der Waals surface area (Å²) in [6, 6.07) is 9.08. The van der Waals surface area contributed by atoms with Crippen LogP contribution in [0.15, 0.2) is 45.4 Å². The van der Waals surface area contributed by atoms with E-state index in [-0.39, 0.29) is 5.91 Å². The van der Waals surface area contributed by atoms with Crippen LogP contribution in [0.4, 0.5) is 0 Å². The minimum absolute atomic E-state index is 0.193. The van der Waals surface area contributed by atoms with Gasteiger partial charge in [0, 0.05) is 5.39 Å². The van der Waals surface area contributed by atoms with Crippen molar-refractivity contribution in [2.75, 3.05) is 6.61 Å². The molecule has 0 bridgehead atoms. The molecule has 0 saturated carbocycles. The maximum atomic E-state index is 12.5. The van der Waals surface area contributed by atoms with E-state index in [1.54, 1.807) is 19.3 Å². The first-order valence-corrected chi connectivity index (χ1v) is 7.15. The molecule has 114 valence electrons. The van der Waals surface area contributed by atoms with E-state index in [0.717, 1.165) is 11.1 Å². The normalized spacial score (nSPS) is 10.8. The second-order valence-electron chi connectivity index (χ2n) is 4.89. The zero-order valence-electron chi connectivity index (χ0n) is 12.5. The minimum atomic E-state index is -0.193. The van der Waals surface area contributed by atoms with Gasteiger partial charge in [-0.3, -0.25) is 4.79 Å². The third-order valence-corrected chi connectivity index (χ3v) is 3.38. The molecule has 0 fully saturated rings. The molecule has 0 saturated heterocycles. The molecule has 3 rings (SSSR count). The molecule has 0 aliphatic rings. The number of rotatable bonds is 5. The Morgan fingerprint density at radius 1 is 1.32 bits per heavy atom. The maximum Gasteiger partial charge on any atom is 0.255 e. The Kier molecular flexibility index (Phi) is 3.87. The fourth-order valence-corrected chi connectivity index (χ4v) is 2.41. The molecule has 5 heteroatoms. The fraction of sp³-hybridized carbons (Fsp3) is 0.235. The second kappa shape index (κ2) is 5.97. The van der Waals surface area contributed by atoms with E-state index >= 15 is 0 Å². The number of carbonyl (C=O) groups is 1. The Morgan fingerprint density at radius 2 is 2.18 bits per heavy atom. The Hall–Kier alpha value is -2.69. The predicted molar refractivity (Wildman–Crippen MR) is 82.0 cm³/mol. The van der Waals surface area contributed by atoms with Crippen molar-refractivity contribution in [1.82, 2.24) is 5.32 Å². The molecule has 2 heterocycles. The van der Waals surface area contributed by atoms with Crippen molar-refractivity contribution in [2.45, 2.75) is 20.4 Å². The molecule has 2 aromatic heterocycles. The first-order chi connectivity index (χ1) is 10.7. The summed E-state index contributed by atoms with van der Waals surface area (Å²) >= 11 is 0. The monoisotopic (exact) mass is 299 g/mol. The molecular formula is C17H17NO4. The topological polar surface area (TPSA) is 64.6 Å². The number of fused-ring (bicyclic) bond motifs is 1. The summed E-state index contributed by atoms with van der Waals surface area (Å²) in [5, 5.41) is 3.59. The summed E-state index contributed by atoms with van der Waals surface area (Å²) in [6.07, 6.45) is 1.58. The molecule has 22 heavy (non-hydrogen) atoms. The van der Waals surface area contributed by atoms with Crippen LogP contribution in [-0.2, 0) is 6.54 Å². The Balaban J connectivity index is 1.89. The highest BCUT2D eigenvalue weighted by Crippen LogP contribution is 2.29. The summed E-state index contributed by atoms with van der Waals surface area (Å²) in [5.41, 5.74) is 1.20. The highest BCUT2D eigenvalue weighted by Gasteiger charge is 2.18. The number of hydrogen-bond donors (Lipinski definition) is 1. The van der Waals surface area contributed by atoms with Crippen LogP contribution in [0, 0.1) is 6.92 Å². The highest BCUT2D eigenvalue weighted by atomic mass is 16.5. The third kappa shape index (κ3) is 2.70. The van der Waals surface area contributed by atoms with Gasteiger partial charge in [-0.15, -0.1) is 0 Å². The van der Waals surface area contributed by atoms with Gasteiger partial charge in [-0.05, 0) is 44.2 Å². The number of furan rings is 2. The average Bonchev–Trinajstić information content (AvgIpc) is 3.11. The van der Waals surface area contributed by atoms with Gasteiger partial charge in [0.15, 0.2) is 0 Å². The van der Waals surface area contributed by atoms with Crippen LogP contribution < -0.4 is 10.1 Å². The predicted octanol–water partition coefficient (Wildman–Crippen LogP) is 3.66. The molecule has 1 amide bonds. The zero-order valence-corrected chi connectivity index (χ0v) is 12.5. The molecule has 0 aliphatic heterocycles. The number of benzene rings is 1. The Bertz CT molecular complexity index is 786. The van der Waals surface area contributed by atoms with Crippen molar-refractivity contribution in [2.24, 2.45) is 0 Å². The van der Waals surface area contributed by atoms with E-state index in [2.05, 4.69) is 5.32 Å². The average molecular weight is 299 g/mol. The molecule has 5 nitrogen and oxygen atoms in total. The maximum absolute atomic E-state index is 12.5. The first-order valence-electron chi connectivity index (χ1n) is 7.15. The van der Waals surface area contributed by atoms with E-state index in [9.17, 15) is 4.79 Å². The van der Waals surface area contributed by atoms with Crippen molar-refractivity contribution in [3.8, 4) is 5.75 Å². The van der Waals surface area contributed by atoms with Gasteiger partial charge in [0.05, 0.1) is 25.0 Å². The van der Waals surface area contributed by atoms with E-state index < -0.39 is 0 Å². The number of nitrogens with one attached hydrogen (secondary N) is 1. The smallest absolute Gasteiger partial charge is 0.255 e. The standard InChI is InChI=1S/C17H17NO4/c1-3-20-12-6-7-15-14(9-12)16(11(2)22-15)17(19)18-10-13-5-4-8-21-13/h4-9H,3,10H2,1-2H3,(H,18,19).